The minimum absolute atomic E-state index is 0.710. The molecule has 0 radical (unpaired) electrons. The van der Waals surface area contributed by atoms with Crippen LogP contribution in [0, 0.1) is 6.92 Å². The van der Waals surface area contributed by atoms with Gasteiger partial charge in [-0.2, -0.15) is 0 Å². The smallest absolute Gasteiger partial charge is 0.131 e. The van der Waals surface area contributed by atoms with Gasteiger partial charge in [0, 0.05) is 25.3 Å². The SMILES string of the molecule is CCOCCc1nc(C)c2c(n1)CNCC2. The molecule has 4 heteroatoms. The van der Waals surface area contributed by atoms with E-state index in [9.17, 15) is 0 Å². The van der Waals surface area contributed by atoms with E-state index in [1.807, 2.05) is 6.92 Å². The summed E-state index contributed by atoms with van der Waals surface area (Å²) in [6.45, 7) is 7.46. The second kappa shape index (κ2) is 5.37. The average molecular weight is 221 g/mol. The monoisotopic (exact) mass is 221 g/mol. The van der Waals surface area contributed by atoms with Gasteiger partial charge in [-0.3, -0.25) is 0 Å². The van der Waals surface area contributed by atoms with Crippen LogP contribution in [-0.4, -0.2) is 29.7 Å². The molecule has 0 bridgehead atoms. The third-order valence-corrected chi connectivity index (χ3v) is 2.86. The van der Waals surface area contributed by atoms with E-state index in [0.29, 0.717) is 6.61 Å². The molecule has 0 aliphatic carbocycles. The van der Waals surface area contributed by atoms with Gasteiger partial charge in [0.2, 0.25) is 0 Å². The molecule has 0 saturated heterocycles. The largest absolute Gasteiger partial charge is 0.381 e. The first-order valence-electron chi connectivity index (χ1n) is 5.95. The van der Waals surface area contributed by atoms with Gasteiger partial charge in [-0.05, 0) is 32.4 Å². The van der Waals surface area contributed by atoms with Crippen molar-refractivity contribution < 1.29 is 4.74 Å². The van der Waals surface area contributed by atoms with E-state index in [1.54, 1.807) is 0 Å². The lowest BCUT2D eigenvalue weighted by Gasteiger charge is -2.18. The number of hydrogen-bond acceptors (Lipinski definition) is 4. The Morgan fingerprint density at radius 1 is 1.38 bits per heavy atom. The highest BCUT2D eigenvalue weighted by molar-refractivity contribution is 5.27. The first kappa shape index (κ1) is 11.5. The Labute approximate surface area is 96.4 Å². The van der Waals surface area contributed by atoms with E-state index >= 15 is 0 Å². The van der Waals surface area contributed by atoms with Crippen LogP contribution >= 0.6 is 0 Å². The summed E-state index contributed by atoms with van der Waals surface area (Å²) in [5.41, 5.74) is 3.64. The Morgan fingerprint density at radius 3 is 3.06 bits per heavy atom. The molecular weight excluding hydrogens is 202 g/mol. The number of nitrogens with one attached hydrogen (secondary N) is 1. The molecule has 1 aromatic rings. The van der Waals surface area contributed by atoms with E-state index in [-0.39, 0.29) is 0 Å². The quantitative estimate of drug-likeness (QED) is 0.771. The van der Waals surface area contributed by atoms with Crippen molar-refractivity contribution in [2.24, 2.45) is 0 Å². The topological polar surface area (TPSA) is 47.0 Å². The van der Waals surface area contributed by atoms with Crippen molar-refractivity contribution >= 4 is 0 Å². The minimum atomic E-state index is 0.710. The van der Waals surface area contributed by atoms with E-state index in [0.717, 1.165) is 44.1 Å². The maximum absolute atomic E-state index is 5.33. The van der Waals surface area contributed by atoms with Gasteiger partial charge >= 0.3 is 0 Å². The summed E-state index contributed by atoms with van der Waals surface area (Å²) in [4.78, 5) is 9.13. The lowest BCUT2D eigenvalue weighted by Crippen LogP contribution is -2.26. The highest BCUT2D eigenvalue weighted by atomic mass is 16.5. The van der Waals surface area contributed by atoms with Gasteiger partial charge in [-0.25, -0.2) is 9.97 Å². The lowest BCUT2D eigenvalue weighted by atomic mass is 10.0. The number of fused-ring (bicyclic) bond motifs is 1. The zero-order valence-electron chi connectivity index (χ0n) is 10.0. The van der Waals surface area contributed by atoms with Crippen molar-refractivity contribution in [1.29, 1.82) is 0 Å². The van der Waals surface area contributed by atoms with Gasteiger partial charge in [0.05, 0.1) is 12.3 Å². The molecule has 0 unspecified atom stereocenters. The second-order valence-electron chi connectivity index (χ2n) is 4.02. The molecule has 4 nitrogen and oxygen atoms in total. The summed E-state index contributed by atoms with van der Waals surface area (Å²) in [6, 6.07) is 0. The predicted octanol–water partition coefficient (Wildman–Crippen LogP) is 1.01. The normalized spacial score (nSPS) is 14.9. The standard InChI is InChI=1S/C12H19N3O/c1-3-16-7-5-12-14-9(2)10-4-6-13-8-11(10)15-12/h13H,3-8H2,1-2H3. The van der Waals surface area contributed by atoms with Gasteiger partial charge in [0.15, 0.2) is 0 Å². The molecule has 0 spiro atoms. The Bertz CT molecular complexity index is 366. The zero-order valence-corrected chi connectivity index (χ0v) is 10.0. The number of aromatic nitrogens is 2. The van der Waals surface area contributed by atoms with Crippen LogP contribution < -0.4 is 5.32 Å². The fourth-order valence-electron chi connectivity index (χ4n) is 2.03. The van der Waals surface area contributed by atoms with Crippen LogP contribution in [0.25, 0.3) is 0 Å². The summed E-state index contributed by atoms with van der Waals surface area (Å²) in [5, 5.41) is 3.34. The summed E-state index contributed by atoms with van der Waals surface area (Å²) in [6.07, 6.45) is 1.86. The molecule has 1 aliphatic rings. The molecule has 0 aromatic carbocycles. The summed E-state index contributed by atoms with van der Waals surface area (Å²) in [5.74, 6) is 0.911. The molecule has 1 N–H and O–H groups in total. The van der Waals surface area contributed by atoms with Crippen molar-refractivity contribution in [2.45, 2.75) is 33.2 Å². The number of aryl methyl sites for hydroxylation is 1. The maximum Gasteiger partial charge on any atom is 0.131 e. The van der Waals surface area contributed by atoms with Crippen molar-refractivity contribution in [3.8, 4) is 0 Å². The van der Waals surface area contributed by atoms with E-state index < -0.39 is 0 Å². The van der Waals surface area contributed by atoms with Crippen molar-refractivity contribution in [3.05, 3.63) is 22.8 Å². The third-order valence-electron chi connectivity index (χ3n) is 2.86. The van der Waals surface area contributed by atoms with Crippen LogP contribution in [0.15, 0.2) is 0 Å². The van der Waals surface area contributed by atoms with Crippen LogP contribution in [0.2, 0.25) is 0 Å². The fraction of sp³-hybridized carbons (Fsp3) is 0.667. The third kappa shape index (κ3) is 2.57. The molecule has 0 fully saturated rings. The Kier molecular flexibility index (Phi) is 3.85. The Morgan fingerprint density at radius 2 is 2.25 bits per heavy atom. The summed E-state index contributed by atoms with van der Waals surface area (Å²) in [7, 11) is 0. The van der Waals surface area contributed by atoms with Crippen molar-refractivity contribution in [2.75, 3.05) is 19.8 Å². The Balaban J connectivity index is 2.12. The molecule has 16 heavy (non-hydrogen) atoms. The van der Waals surface area contributed by atoms with Gasteiger partial charge in [-0.15, -0.1) is 0 Å². The van der Waals surface area contributed by atoms with Crippen LogP contribution in [0.5, 0.6) is 0 Å². The minimum Gasteiger partial charge on any atom is -0.381 e. The van der Waals surface area contributed by atoms with Crippen molar-refractivity contribution in [3.63, 3.8) is 0 Å². The zero-order chi connectivity index (χ0) is 11.4. The van der Waals surface area contributed by atoms with Gasteiger partial charge < -0.3 is 10.1 Å². The van der Waals surface area contributed by atoms with Gasteiger partial charge in [0.1, 0.15) is 5.82 Å². The van der Waals surface area contributed by atoms with Gasteiger partial charge in [0.25, 0.3) is 0 Å². The van der Waals surface area contributed by atoms with Crippen LogP contribution in [0.3, 0.4) is 0 Å². The molecule has 0 saturated carbocycles. The molecule has 2 rings (SSSR count). The molecule has 0 atom stereocenters. The van der Waals surface area contributed by atoms with E-state index in [4.69, 9.17) is 4.74 Å². The number of hydrogen-bond donors (Lipinski definition) is 1. The second-order valence-corrected chi connectivity index (χ2v) is 4.02. The summed E-state index contributed by atoms with van der Waals surface area (Å²) < 4.78 is 5.33. The van der Waals surface area contributed by atoms with E-state index in [1.165, 1.54) is 11.3 Å². The molecule has 1 aliphatic heterocycles. The van der Waals surface area contributed by atoms with Crippen LogP contribution in [0.1, 0.15) is 29.7 Å². The molecule has 88 valence electrons. The highest BCUT2D eigenvalue weighted by Crippen LogP contribution is 2.15. The molecule has 2 heterocycles. The molecule has 1 aromatic heterocycles. The highest BCUT2D eigenvalue weighted by Gasteiger charge is 2.14. The average Bonchev–Trinajstić information content (AvgIpc) is 2.30. The molecular formula is C12H19N3O. The Hall–Kier alpha value is -1.00. The van der Waals surface area contributed by atoms with E-state index in [2.05, 4.69) is 22.2 Å². The fourth-order valence-corrected chi connectivity index (χ4v) is 2.03. The first-order valence-corrected chi connectivity index (χ1v) is 5.95. The number of nitrogens with zero attached hydrogens (tertiary/aromatic N) is 2. The van der Waals surface area contributed by atoms with Crippen LogP contribution in [-0.2, 0) is 24.1 Å². The lowest BCUT2D eigenvalue weighted by molar-refractivity contribution is 0.149. The van der Waals surface area contributed by atoms with Crippen LogP contribution in [0.4, 0.5) is 0 Å². The maximum atomic E-state index is 5.33. The van der Waals surface area contributed by atoms with Crippen molar-refractivity contribution in [1.82, 2.24) is 15.3 Å². The number of rotatable bonds is 4. The van der Waals surface area contributed by atoms with Gasteiger partial charge in [-0.1, -0.05) is 0 Å². The number of ether oxygens (including phenoxy) is 1. The first-order chi connectivity index (χ1) is 7.81. The predicted molar refractivity (Wildman–Crippen MR) is 62.4 cm³/mol. The molecule has 0 amide bonds. The summed E-state index contributed by atoms with van der Waals surface area (Å²) >= 11 is 0.